The lowest BCUT2D eigenvalue weighted by Crippen LogP contribution is -2.41. The van der Waals surface area contributed by atoms with Crippen LogP contribution in [-0.2, 0) is 0 Å². The lowest BCUT2D eigenvalue weighted by molar-refractivity contribution is 0.555. The number of rotatable bonds is 5. The van der Waals surface area contributed by atoms with E-state index in [4.69, 9.17) is 4.42 Å². The van der Waals surface area contributed by atoms with Gasteiger partial charge in [0.1, 0.15) is 11.9 Å². The zero-order valence-corrected chi connectivity index (χ0v) is 18.6. The maximum absolute atomic E-state index is 11.4. The van der Waals surface area contributed by atoms with Crippen molar-refractivity contribution in [3.63, 3.8) is 0 Å². The quantitative estimate of drug-likeness (QED) is 0.404. The lowest BCUT2D eigenvalue weighted by Gasteiger charge is -2.34. The fraction of sp³-hybridized carbons (Fsp3) is 0.217. The van der Waals surface area contributed by atoms with Crippen LogP contribution in [0.1, 0.15) is 5.56 Å². The number of benzene rings is 2. The molecule has 5 rings (SSSR count). The van der Waals surface area contributed by atoms with Crippen molar-refractivity contribution in [2.75, 3.05) is 33.6 Å². The van der Waals surface area contributed by atoms with E-state index in [0.29, 0.717) is 22.9 Å². The number of thioether (sulfide) groups is 1. The number of aromatic amines is 1. The standard InChI is InChI=1S/C23H21N7O2S/c1-14-12-25-22(29-21(14)26-15-6-7-20-18(10-15)28-23(31)32-20)27-17-4-2-3-5-19(17)30-8-9-33-13-16(30)11-24/h2-7,10,12,16H,8-9,13H2,1H3,(H,28,31)(H2,25,26,27,29). The van der Waals surface area contributed by atoms with Gasteiger partial charge in [-0.2, -0.15) is 22.0 Å². The Bertz CT molecular complexity index is 1410. The van der Waals surface area contributed by atoms with E-state index >= 15 is 0 Å². The first-order valence-corrected chi connectivity index (χ1v) is 11.6. The predicted molar refractivity (Wildman–Crippen MR) is 131 cm³/mol. The second-order valence-electron chi connectivity index (χ2n) is 7.63. The van der Waals surface area contributed by atoms with Crippen LogP contribution in [0.15, 0.2) is 57.9 Å². The smallest absolute Gasteiger partial charge is 0.408 e. The molecule has 0 spiro atoms. The summed E-state index contributed by atoms with van der Waals surface area (Å²) in [4.78, 5) is 25.3. The van der Waals surface area contributed by atoms with Crippen LogP contribution in [0, 0.1) is 18.3 Å². The highest BCUT2D eigenvalue weighted by molar-refractivity contribution is 7.99. The normalized spacial score (nSPS) is 15.9. The number of H-pyrrole nitrogens is 1. The third kappa shape index (κ3) is 4.36. The van der Waals surface area contributed by atoms with Gasteiger partial charge < -0.3 is 20.0 Å². The monoisotopic (exact) mass is 459 g/mol. The summed E-state index contributed by atoms with van der Waals surface area (Å²) in [6, 6.07) is 15.5. The van der Waals surface area contributed by atoms with Gasteiger partial charge in [-0.25, -0.2) is 9.78 Å². The molecule has 0 aliphatic carbocycles. The van der Waals surface area contributed by atoms with E-state index in [-0.39, 0.29) is 6.04 Å². The van der Waals surface area contributed by atoms with E-state index in [1.165, 1.54) is 0 Å². The van der Waals surface area contributed by atoms with E-state index in [2.05, 4.69) is 36.6 Å². The number of para-hydroxylation sites is 2. The van der Waals surface area contributed by atoms with Crippen LogP contribution in [0.3, 0.4) is 0 Å². The molecular weight excluding hydrogens is 438 g/mol. The van der Waals surface area contributed by atoms with Crippen LogP contribution in [0.2, 0.25) is 0 Å². The van der Waals surface area contributed by atoms with Gasteiger partial charge in [0, 0.05) is 35.5 Å². The number of oxazole rings is 1. The number of nitrogens with one attached hydrogen (secondary N) is 3. The molecule has 166 valence electrons. The van der Waals surface area contributed by atoms with Crippen molar-refractivity contribution in [2.24, 2.45) is 0 Å². The van der Waals surface area contributed by atoms with E-state index in [1.807, 2.05) is 37.3 Å². The molecule has 2 aromatic carbocycles. The fourth-order valence-electron chi connectivity index (χ4n) is 3.74. The molecule has 4 aromatic rings. The van der Waals surface area contributed by atoms with Crippen LogP contribution in [-0.4, -0.2) is 39.0 Å². The van der Waals surface area contributed by atoms with Crippen molar-refractivity contribution >= 4 is 51.7 Å². The second-order valence-corrected chi connectivity index (χ2v) is 8.78. The number of fused-ring (bicyclic) bond motifs is 1. The average molecular weight is 460 g/mol. The Morgan fingerprint density at radius 3 is 3.03 bits per heavy atom. The topological polar surface area (TPSA) is 123 Å². The summed E-state index contributed by atoms with van der Waals surface area (Å²) in [7, 11) is 0. The Labute approximate surface area is 193 Å². The maximum atomic E-state index is 11.4. The minimum absolute atomic E-state index is 0.174. The Balaban J connectivity index is 1.42. The summed E-state index contributed by atoms with van der Waals surface area (Å²) in [5, 5.41) is 16.2. The van der Waals surface area contributed by atoms with Crippen LogP contribution >= 0.6 is 11.8 Å². The Hall–Kier alpha value is -3.97. The number of hydrogen-bond donors (Lipinski definition) is 3. The second kappa shape index (κ2) is 8.88. The largest absolute Gasteiger partial charge is 0.417 e. The molecule has 0 amide bonds. The number of hydrogen-bond acceptors (Lipinski definition) is 9. The number of nitriles is 1. The van der Waals surface area contributed by atoms with Crippen LogP contribution in [0.25, 0.3) is 11.1 Å². The first kappa shape index (κ1) is 20.9. The van der Waals surface area contributed by atoms with Gasteiger partial charge in [-0.05, 0) is 37.3 Å². The highest BCUT2D eigenvalue weighted by atomic mass is 32.2. The molecule has 1 saturated heterocycles. The molecule has 10 heteroatoms. The van der Waals surface area contributed by atoms with Crippen LogP contribution in [0.4, 0.5) is 28.8 Å². The van der Waals surface area contributed by atoms with Gasteiger partial charge in [-0.15, -0.1) is 0 Å². The maximum Gasteiger partial charge on any atom is 0.417 e. The summed E-state index contributed by atoms with van der Waals surface area (Å²) >= 11 is 1.80. The molecule has 1 unspecified atom stereocenters. The summed E-state index contributed by atoms with van der Waals surface area (Å²) in [6.07, 6.45) is 1.74. The third-order valence-electron chi connectivity index (χ3n) is 5.39. The lowest BCUT2D eigenvalue weighted by atomic mass is 10.2. The zero-order chi connectivity index (χ0) is 22.8. The first-order chi connectivity index (χ1) is 16.1. The summed E-state index contributed by atoms with van der Waals surface area (Å²) < 4.78 is 5.06. The highest BCUT2D eigenvalue weighted by Crippen LogP contribution is 2.32. The van der Waals surface area contributed by atoms with Gasteiger partial charge in [0.05, 0.1) is 23.0 Å². The highest BCUT2D eigenvalue weighted by Gasteiger charge is 2.24. The first-order valence-electron chi connectivity index (χ1n) is 10.4. The van der Waals surface area contributed by atoms with Gasteiger partial charge in [-0.3, -0.25) is 4.98 Å². The van der Waals surface area contributed by atoms with E-state index < -0.39 is 5.76 Å². The average Bonchev–Trinajstić information content (AvgIpc) is 3.21. The fourth-order valence-corrected chi connectivity index (χ4v) is 4.71. The van der Waals surface area contributed by atoms with Gasteiger partial charge in [0.15, 0.2) is 5.58 Å². The molecule has 0 radical (unpaired) electrons. The molecule has 0 saturated carbocycles. The molecule has 3 heterocycles. The molecule has 2 aromatic heterocycles. The molecule has 1 atom stereocenters. The molecule has 33 heavy (non-hydrogen) atoms. The predicted octanol–water partition coefficient (Wildman–Crippen LogP) is 4.15. The zero-order valence-electron chi connectivity index (χ0n) is 17.8. The van der Waals surface area contributed by atoms with Gasteiger partial charge in [0.25, 0.3) is 0 Å². The number of aryl methyl sites for hydroxylation is 1. The van der Waals surface area contributed by atoms with E-state index in [1.54, 1.807) is 30.1 Å². The molecular formula is C23H21N7O2S. The molecule has 3 N–H and O–H groups in total. The van der Waals surface area contributed by atoms with Crippen molar-refractivity contribution in [1.82, 2.24) is 15.0 Å². The van der Waals surface area contributed by atoms with Crippen molar-refractivity contribution in [3.05, 3.63) is 64.8 Å². The Morgan fingerprint density at radius 2 is 2.15 bits per heavy atom. The molecule has 0 bridgehead atoms. The van der Waals surface area contributed by atoms with Gasteiger partial charge in [0.2, 0.25) is 5.95 Å². The summed E-state index contributed by atoms with van der Waals surface area (Å²) in [5.41, 5.74) is 4.53. The number of aromatic nitrogens is 3. The number of nitrogens with zero attached hydrogens (tertiary/aromatic N) is 4. The summed E-state index contributed by atoms with van der Waals surface area (Å²) in [6.45, 7) is 2.73. The molecule has 9 nitrogen and oxygen atoms in total. The Kier molecular flexibility index (Phi) is 5.62. The van der Waals surface area contributed by atoms with Crippen molar-refractivity contribution in [1.29, 1.82) is 5.26 Å². The third-order valence-corrected chi connectivity index (χ3v) is 6.41. The van der Waals surface area contributed by atoms with Crippen molar-refractivity contribution in [2.45, 2.75) is 13.0 Å². The van der Waals surface area contributed by atoms with Gasteiger partial charge in [-0.1, -0.05) is 12.1 Å². The molecule has 1 aliphatic rings. The van der Waals surface area contributed by atoms with E-state index in [0.717, 1.165) is 40.7 Å². The SMILES string of the molecule is Cc1cnc(Nc2ccccc2N2CCSCC2C#N)nc1Nc1ccc2oc(=O)[nH]c2c1. The van der Waals surface area contributed by atoms with Crippen LogP contribution < -0.4 is 21.3 Å². The Morgan fingerprint density at radius 1 is 1.27 bits per heavy atom. The minimum Gasteiger partial charge on any atom is -0.408 e. The molecule has 1 fully saturated rings. The summed E-state index contributed by atoms with van der Waals surface area (Å²) in [5.74, 6) is 2.35. The molecule has 1 aliphatic heterocycles. The van der Waals surface area contributed by atoms with Crippen LogP contribution in [0.5, 0.6) is 0 Å². The van der Waals surface area contributed by atoms with E-state index in [9.17, 15) is 10.1 Å². The minimum atomic E-state index is -0.489. The van der Waals surface area contributed by atoms with Crippen molar-refractivity contribution < 1.29 is 4.42 Å². The number of anilines is 5. The van der Waals surface area contributed by atoms with Crippen molar-refractivity contribution in [3.8, 4) is 6.07 Å². The van der Waals surface area contributed by atoms with Gasteiger partial charge >= 0.3 is 5.76 Å².